The van der Waals surface area contributed by atoms with Crippen LogP contribution in [-0.4, -0.2) is 21.0 Å². The third kappa shape index (κ3) is 4.49. The number of Topliss-reactive ketones (excluding diaryl/α,β-unsaturated/α-hetero) is 1. The Labute approximate surface area is 114 Å². The molecule has 2 atom stereocenters. The van der Waals surface area contributed by atoms with E-state index in [1.807, 2.05) is 13.8 Å². The van der Waals surface area contributed by atoms with Crippen molar-refractivity contribution in [3.63, 3.8) is 0 Å². The highest BCUT2D eigenvalue weighted by molar-refractivity contribution is 7.86. The Hall–Kier alpha value is -1.10. The Balaban J connectivity index is 2.79. The Morgan fingerprint density at radius 2 is 1.89 bits per heavy atom. The lowest BCUT2D eigenvalue weighted by atomic mass is 10.1. The Morgan fingerprint density at radius 3 is 2.42 bits per heavy atom. The quantitative estimate of drug-likeness (QED) is 0.752. The monoisotopic (exact) mass is 288 g/mol. The van der Waals surface area contributed by atoms with E-state index in [1.165, 1.54) is 6.92 Å². The number of carbonyl (C=O) groups excluding carboxylic acids is 1. The molecular formula is C14H18F2O2S. The lowest BCUT2D eigenvalue weighted by Gasteiger charge is -2.12. The zero-order chi connectivity index (χ0) is 14.6. The first kappa shape index (κ1) is 16.0. The molecule has 5 heteroatoms. The van der Waals surface area contributed by atoms with Crippen LogP contribution in [0.1, 0.15) is 37.6 Å². The van der Waals surface area contributed by atoms with Crippen molar-refractivity contribution in [1.29, 1.82) is 0 Å². The van der Waals surface area contributed by atoms with Crippen molar-refractivity contribution in [3.8, 4) is 0 Å². The van der Waals surface area contributed by atoms with Crippen molar-refractivity contribution in [2.24, 2.45) is 5.92 Å². The van der Waals surface area contributed by atoms with Crippen LogP contribution < -0.4 is 0 Å². The molecule has 0 bridgehead atoms. The fourth-order valence-corrected chi connectivity index (χ4v) is 2.98. The van der Waals surface area contributed by atoms with E-state index in [0.717, 1.165) is 18.6 Å². The molecule has 0 spiro atoms. The van der Waals surface area contributed by atoms with Gasteiger partial charge in [0.2, 0.25) is 0 Å². The first-order valence-electron chi connectivity index (χ1n) is 6.19. The van der Waals surface area contributed by atoms with Gasteiger partial charge in [-0.1, -0.05) is 13.8 Å². The Morgan fingerprint density at radius 1 is 1.26 bits per heavy atom. The third-order valence-corrected chi connectivity index (χ3v) is 4.50. The minimum absolute atomic E-state index is 0.202. The molecule has 106 valence electrons. The number of hydrogen-bond acceptors (Lipinski definition) is 2. The summed E-state index contributed by atoms with van der Waals surface area (Å²) in [7, 11) is -1.34. The Kier molecular flexibility index (Phi) is 5.79. The second kappa shape index (κ2) is 6.89. The van der Waals surface area contributed by atoms with E-state index in [1.54, 1.807) is 0 Å². The molecular weight excluding hydrogens is 270 g/mol. The number of benzene rings is 1. The van der Waals surface area contributed by atoms with Crippen LogP contribution in [0, 0.1) is 17.6 Å². The van der Waals surface area contributed by atoms with E-state index < -0.39 is 33.5 Å². The molecule has 0 fully saturated rings. The summed E-state index contributed by atoms with van der Waals surface area (Å²) in [5.41, 5.74) is -0.202. The number of halogens is 2. The van der Waals surface area contributed by atoms with E-state index >= 15 is 0 Å². The van der Waals surface area contributed by atoms with Crippen LogP contribution in [0.3, 0.4) is 0 Å². The maximum Gasteiger partial charge on any atom is 0.181 e. The van der Waals surface area contributed by atoms with Gasteiger partial charge in [-0.2, -0.15) is 0 Å². The van der Waals surface area contributed by atoms with Crippen LogP contribution in [0.5, 0.6) is 0 Å². The van der Waals surface area contributed by atoms with Gasteiger partial charge in [-0.05, 0) is 31.4 Å². The molecule has 19 heavy (non-hydrogen) atoms. The van der Waals surface area contributed by atoms with Crippen LogP contribution in [0.2, 0.25) is 0 Å². The zero-order valence-electron chi connectivity index (χ0n) is 11.3. The molecule has 1 aromatic carbocycles. The zero-order valence-corrected chi connectivity index (χ0v) is 12.1. The molecule has 1 aromatic rings. The molecule has 2 nitrogen and oxygen atoms in total. The maximum atomic E-state index is 13.5. The molecule has 0 N–H and O–H groups in total. The average Bonchev–Trinajstić information content (AvgIpc) is 2.34. The molecule has 2 unspecified atom stereocenters. The van der Waals surface area contributed by atoms with Gasteiger partial charge < -0.3 is 0 Å². The molecule has 0 aliphatic carbocycles. The minimum Gasteiger partial charge on any atom is -0.293 e. The topological polar surface area (TPSA) is 34.1 Å². The van der Waals surface area contributed by atoms with Gasteiger partial charge >= 0.3 is 0 Å². The third-order valence-electron chi connectivity index (χ3n) is 2.86. The first-order valence-corrected chi connectivity index (χ1v) is 7.57. The van der Waals surface area contributed by atoms with Crippen molar-refractivity contribution in [3.05, 3.63) is 35.4 Å². The first-order chi connectivity index (χ1) is 8.82. The lowest BCUT2D eigenvalue weighted by Crippen LogP contribution is -2.25. The summed E-state index contributed by atoms with van der Waals surface area (Å²) in [5.74, 6) is -1.37. The molecule has 0 aliphatic heterocycles. The van der Waals surface area contributed by atoms with Gasteiger partial charge in [0.25, 0.3) is 0 Å². The predicted molar refractivity (Wildman–Crippen MR) is 72.6 cm³/mol. The number of carbonyl (C=O) groups is 1. The van der Waals surface area contributed by atoms with Gasteiger partial charge in [0.15, 0.2) is 5.78 Å². The van der Waals surface area contributed by atoms with Gasteiger partial charge in [0.1, 0.15) is 11.6 Å². The van der Waals surface area contributed by atoms with Crippen LogP contribution in [0.25, 0.3) is 0 Å². The summed E-state index contributed by atoms with van der Waals surface area (Å²) >= 11 is 0. The lowest BCUT2D eigenvalue weighted by molar-refractivity contribution is 0.0988. The highest BCUT2D eigenvalue weighted by Crippen LogP contribution is 2.15. The van der Waals surface area contributed by atoms with Crippen molar-refractivity contribution < 1.29 is 17.8 Å². The van der Waals surface area contributed by atoms with Crippen LogP contribution in [0.4, 0.5) is 8.78 Å². The van der Waals surface area contributed by atoms with Crippen molar-refractivity contribution in [2.45, 2.75) is 32.4 Å². The molecule has 0 saturated carbocycles. The molecule has 0 saturated heterocycles. The second-order valence-electron chi connectivity index (χ2n) is 4.90. The smallest absolute Gasteiger partial charge is 0.181 e. The van der Waals surface area contributed by atoms with Gasteiger partial charge in [-0.25, -0.2) is 8.78 Å². The van der Waals surface area contributed by atoms with Crippen molar-refractivity contribution in [2.75, 3.05) is 5.75 Å². The van der Waals surface area contributed by atoms with Crippen LogP contribution >= 0.6 is 0 Å². The van der Waals surface area contributed by atoms with E-state index in [0.29, 0.717) is 17.7 Å². The van der Waals surface area contributed by atoms with Gasteiger partial charge in [0.05, 0.1) is 10.8 Å². The summed E-state index contributed by atoms with van der Waals surface area (Å²) in [6.07, 6.45) is 0.746. The minimum atomic E-state index is -1.34. The molecule has 0 heterocycles. The summed E-state index contributed by atoms with van der Waals surface area (Å²) in [5, 5.41) is -0.779. The highest BCUT2D eigenvalue weighted by Gasteiger charge is 2.24. The highest BCUT2D eigenvalue weighted by atomic mass is 32.2. The van der Waals surface area contributed by atoms with E-state index in [2.05, 4.69) is 0 Å². The fourth-order valence-electron chi connectivity index (χ4n) is 1.56. The molecule has 0 aromatic heterocycles. The SMILES string of the molecule is CC(C)CCS(=O)C(C)C(=O)c1ccc(F)cc1F. The fraction of sp³-hybridized carbons (Fsp3) is 0.500. The van der Waals surface area contributed by atoms with Crippen LogP contribution in [-0.2, 0) is 10.8 Å². The summed E-state index contributed by atoms with van der Waals surface area (Å²) in [6, 6.07) is 2.79. The van der Waals surface area contributed by atoms with Gasteiger partial charge in [0, 0.05) is 22.6 Å². The van der Waals surface area contributed by atoms with Crippen LogP contribution in [0.15, 0.2) is 18.2 Å². The largest absolute Gasteiger partial charge is 0.293 e. The molecule has 1 rings (SSSR count). The Bertz CT molecular complexity index is 486. The standard InChI is InChI=1S/C14H18F2O2S/c1-9(2)6-7-19(18)10(3)14(17)12-5-4-11(15)8-13(12)16/h4-5,8-10H,6-7H2,1-3H3. The summed E-state index contributed by atoms with van der Waals surface area (Å²) < 4.78 is 38.2. The summed E-state index contributed by atoms with van der Waals surface area (Å²) in [6.45, 7) is 5.52. The number of hydrogen-bond donors (Lipinski definition) is 0. The molecule has 0 radical (unpaired) electrons. The van der Waals surface area contributed by atoms with E-state index in [9.17, 15) is 17.8 Å². The number of rotatable bonds is 6. The van der Waals surface area contributed by atoms with E-state index in [-0.39, 0.29) is 5.56 Å². The van der Waals surface area contributed by atoms with Gasteiger partial charge in [-0.15, -0.1) is 0 Å². The molecule has 0 amide bonds. The normalized spacial score (nSPS) is 14.4. The predicted octanol–water partition coefficient (Wildman–Crippen LogP) is 3.33. The molecule has 0 aliphatic rings. The van der Waals surface area contributed by atoms with Crippen molar-refractivity contribution >= 4 is 16.6 Å². The summed E-state index contributed by atoms with van der Waals surface area (Å²) in [4.78, 5) is 12.0. The van der Waals surface area contributed by atoms with E-state index in [4.69, 9.17) is 0 Å². The maximum absolute atomic E-state index is 13.5. The second-order valence-corrected chi connectivity index (χ2v) is 6.77. The van der Waals surface area contributed by atoms with Gasteiger partial charge in [-0.3, -0.25) is 9.00 Å². The average molecular weight is 288 g/mol. The van der Waals surface area contributed by atoms with Crippen molar-refractivity contribution in [1.82, 2.24) is 0 Å². The number of ketones is 1.